The van der Waals surface area contributed by atoms with E-state index in [0.717, 1.165) is 11.4 Å². The smallest absolute Gasteiger partial charge is 0.126 e. The van der Waals surface area contributed by atoms with E-state index in [4.69, 9.17) is 0 Å². The van der Waals surface area contributed by atoms with Gasteiger partial charge in [0.25, 0.3) is 0 Å². The average Bonchev–Trinajstić information content (AvgIpc) is 2.02. The molecule has 1 aromatic rings. The van der Waals surface area contributed by atoms with Crippen molar-refractivity contribution in [3.63, 3.8) is 0 Å². The molecule has 0 aliphatic carbocycles. The molecule has 0 aliphatic rings. The molecule has 1 aromatic heterocycles. The zero-order valence-corrected chi connectivity index (χ0v) is 9.20. The molecule has 0 fully saturated rings. The van der Waals surface area contributed by atoms with Crippen LogP contribution in [0.15, 0.2) is 18.3 Å². The van der Waals surface area contributed by atoms with E-state index in [-0.39, 0.29) is 0 Å². The molecule has 78 valence electrons. The Morgan fingerprint density at radius 2 is 2.00 bits per heavy atom. The van der Waals surface area contributed by atoms with Crippen LogP contribution in [0.3, 0.4) is 0 Å². The summed E-state index contributed by atoms with van der Waals surface area (Å²) in [6.07, 6.45) is 1.70. The highest BCUT2D eigenvalue weighted by atomic mass is 16.3. The van der Waals surface area contributed by atoms with Crippen molar-refractivity contribution in [1.82, 2.24) is 4.98 Å². The molecule has 1 heterocycles. The molecular formula is C11H18N2O. The monoisotopic (exact) mass is 194 g/mol. The Balaban J connectivity index is 2.79. The fraction of sp³-hybridized carbons (Fsp3) is 0.545. The minimum atomic E-state index is -0.816. The van der Waals surface area contributed by atoms with E-state index >= 15 is 0 Å². The highest BCUT2D eigenvalue weighted by molar-refractivity contribution is 5.37. The maximum atomic E-state index is 9.70. The van der Waals surface area contributed by atoms with E-state index in [0.29, 0.717) is 6.04 Å². The van der Waals surface area contributed by atoms with Gasteiger partial charge >= 0.3 is 0 Å². The van der Waals surface area contributed by atoms with Gasteiger partial charge in [0.2, 0.25) is 0 Å². The van der Waals surface area contributed by atoms with Gasteiger partial charge in [-0.25, -0.2) is 4.98 Å². The maximum Gasteiger partial charge on any atom is 0.126 e. The second kappa shape index (κ2) is 3.96. The van der Waals surface area contributed by atoms with Crippen molar-refractivity contribution in [2.75, 3.05) is 5.32 Å². The first-order chi connectivity index (χ1) is 6.39. The van der Waals surface area contributed by atoms with Crippen LogP contribution in [0.5, 0.6) is 0 Å². The van der Waals surface area contributed by atoms with E-state index in [1.54, 1.807) is 20.0 Å². The third kappa shape index (κ3) is 3.00. The van der Waals surface area contributed by atoms with E-state index in [9.17, 15) is 5.11 Å². The molecule has 2 N–H and O–H groups in total. The van der Waals surface area contributed by atoms with Crippen molar-refractivity contribution in [1.29, 1.82) is 0 Å². The van der Waals surface area contributed by atoms with Crippen LogP contribution in [0.1, 0.15) is 33.3 Å². The van der Waals surface area contributed by atoms with Crippen LogP contribution in [0.25, 0.3) is 0 Å². The normalized spacial score (nSPS) is 11.9. The first-order valence-corrected chi connectivity index (χ1v) is 4.85. The van der Waals surface area contributed by atoms with E-state index < -0.39 is 5.60 Å². The summed E-state index contributed by atoms with van der Waals surface area (Å²) in [4.78, 5) is 4.21. The molecule has 1 rings (SSSR count). The molecule has 0 aromatic carbocycles. The summed E-state index contributed by atoms with van der Waals surface area (Å²) in [5.41, 5.74) is 0.00964. The zero-order chi connectivity index (χ0) is 10.8. The number of hydrogen-bond donors (Lipinski definition) is 2. The topological polar surface area (TPSA) is 45.1 Å². The molecule has 0 spiro atoms. The van der Waals surface area contributed by atoms with Gasteiger partial charge in [-0.05, 0) is 33.8 Å². The first-order valence-electron chi connectivity index (χ1n) is 4.85. The lowest BCUT2D eigenvalue weighted by atomic mass is 10.0. The third-order valence-corrected chi connectivity index (χ3v) is 1.91. The van der Waals surface area contributed by atoms with Crippen LogP contribution in [0, 0.1) is 0 Å². The van der Waals surface area contributed by atoms with Gasteiger partial charge in [-0.15, -0.1) is 0 Å². The first kappa shape index (κ1) is 11.0. The Kier molecular flexibility index (Phi) is 3.11. The molecular weight excluding hydrogens is 176 g/mol. The van der Waals surface area contributed by atoms with Gasteiger partial charge in [-0.2, -0.15) is 0 Å². The molecule has 14 heavy (non-hydrogen) atoms. The van der Waals surface area contributed by atoms with Crippen LogP contribution in [0.4, 0.5) is 5.82 Å². The summed E-state index contributed by atoms with van der Waals surface area (Å²) in [5.74, 6) is 0.841. The number of rotatable bonds is 3. The minimum absolute atomic E-state index is 0.371. The molecule has 3 heteroatoms. The molecule has 0 aliphatic heterocycles. The van der Waals surface area contributed by atoms with Gasteiger partial charge in [-0.3, -0.25) is 0 Å². The Bertz CT molecular complexity index is 285. The second-order valence-corrected chi connectivity index (χ2v) is 4.29. The van der Waals surface area contributed by atoms with Crippen molar-refractivity contribution in [3.8, 4) is 0 Å². The van der Waals surface area contributed by atoms with Crippen LogP contribution >= 0.6 is 0 Å². The Labute approximate surface area is 85.2 Å². The fourth-order valence-electron chi connectivity index (χ4n) is 1.14. The second-order valence-electron chi connectivity index (χ2n) is 4.29. The molecule has 0 amide bonds. The number of pyridine rings is 1. The summed E-state index contributed by atoms with van der Waals surface area (Å²) in [6, 6.07) is 4.14. The Morgan fingerprint density at radius 1 is 1.36 bits per heavy atom. The number of aromatic nitrogens is 1. The summed E-state index contributed by atoms with van der Waals surface area (Å²) in [6.45, 7) is 7.62. The van der Waals surface area contributed by atoms with Gasteiger partial charge in [0, 0.05) is 17.8 Å². The van der Waals surface area contributed by atoms with Gasteiger partial charge < -0.3 is 10.4 Å². The van der Waals surface area contributed by atoms with E-state index in [2.05, 4.69) is 24.1 Å². The standard InChI is InChI=1S/C11H18N2O/c1-8(2)13-10-6-5-9(7-12-10)11(3,4)14/h5-8,14H,1-4H3,(H,12,13). The number of anilines is 1. The lowest BCUT2D eigenvalue weighted by molar-refractivity contribution is 0.0782. The SMILES string of the molecule is CC(C)Nc1ccc(C(C)(C)O)cn1. The lowest BCUT2D eigenvalue weighted by Crippen LogP contribution is -2.16. The summed E-state index contributed by atoms with van der Waals surface area (Å²) >= 11 is 0. The fourth-order valence-corrected chi connectivity index (χ4v) is 1.14. The predicted octanol–water partition coefficient (Wildman–Crippen LogP) is 2.13. The summed E-state index contributed by atoms with van der Waals surface area (Å²) in [5, 5.41) is 12.9. The Hall–Kier alpha value is -1.09. The number of aliphatic hydroxyl groups is 1. The largest absolute Gasteiger partial charge is 0.386 e. The third-order valence-electron chi connectivity index (χ3n) is 1.91. The van der Waals surface area contributed by atoms with Crippen molar-refractivity contribution < 1.29 is 5.11 Å². The van der Waals surface area contributed by atoms with Crippen LogP contribution in [-0.2, 0) is 5.60 Å². The van der Waals surface area contributed by atoms with Gasteiger partial charge in [-0.1, -0.05) is 6.07 Å². The molecule has 0 unspecified atom stereocenters. The number of hydrogen-bond acceptors (Lipinski definition) is 3. The summed E-state index contributed by atoms with van der Waals surface area (Å²) < 4.78 is 0. The van der Waals surface area contributed by atoms with Crippen LogP contribution in [-0.4, -0.2) is 16.1 Å². The molecule has 0 saturated heterocycles. The van der Waals surface area contributed by atoms with E-state index in [1.807, 2.05) is 12.1 Å². The van der Waals surface area contributed by atoms with Gasteiger partial charge in [0.1, 0.15) is 5.82 Å². The quantitative estimate of drug-likeness (QED) is 0.774. The number of nitrogens with one attached hydrogen (secondary N) is 1. The number of nitrogens with zero attached hydrogens (tertiary/aromatic N) is 1. The van der Waals surface area contributed by atoms with Crippen molar-refractivity contribution in [2.24, 2.45) is 0 Å². The lowest BCUT2D eigenvalue weighted by Gasteiger charge is -2.17. The molecule has 0 radical (unpaired) electrons. The van der Waals surface area contributed by atoms with Crippen molar-refractivity contribution in [3.05, 3.63) is 23.9 Å². The predicted molar refractivity (Wildman–Crippen MR) is 58.2 cm³/mol. The molecule has 3 nitrogen and oxygen atoms in total. The highest BCUT2D eigenvalue weighted by Gasteiger charge is 2.15. The van der Waals surface area contributed by atoms with Crippen molar-refractivity contribution >= 4 is 5.82 Å². The molecule has 0 saturated carbocycles. The van der Waals surface area contributed by atoms with E-state index in [1.165, 1.54) is 0 Å². The zero-order valence-electron chi connectivity index (χ0n) is 9.20. The minimum Gasteiger partial charge on any atom is -0.386 e. The van der Waals surface area contributed by atoms with Gasteiger partial charge in [0.15, 0.2) is 0 Å². The summed E-state index contributed by atoms with van der Waals surface area (Å²) in [7, 11) is 0. The van der Waals surface area contributed by atoms with Crippen LogP contribution < -0.4 is 5.32 Å². The average molecular weight is 194 g/mol. The highest BCUT2D eigenvalue weighted by Crippen LogP contribution is 2.19. The van der Waals surface area contributed by atoms with Gasteiger partial charge in [0.05, 0.1) is 5.60 Å². The Morgan fingerprint density at radius 3 is 2.36 bits per heavy atom. The molecule has 0 atom stereocenters. The maximum absolute atomic E-state index is 9.70. The van der Waals surface area contributed by atoms with Crippen molar-refractivity contribution in [2.45, 2.75) is 39.3 Å². The van der Waals surface area contributed by atoms with Crippen LogP contribution in [0.2, 0.25) is 0 Å². The molecule has 0 bridgehead atoms.